The summed E-state index contributed by atoms with van der Waals surface area (Å²) in [7, 11) is 0. The first-order valence-electron chi connectivity index (χ1n) is 11.7. The van der Waals surface area contributed by atoms with E-state index < -0.39 is 34.9 Å². The maximum absolute atomic E-state index is 13.4. The number of ether oxygens (including phenoxy) is 1. The lowest BCUT2D eigenvalue weighted by molar-refractivity contribution is -0.385. The smallest absolute Gasteiger partial charge is 0.411 e. The van der Waals surface area contributed by atoms with Gasteiger partial charge in [0.05, 0.1) is 11.5 Å². The minimum absolute atomic E-state index is 0.0355. The summed E-state index contributed by atoms with van der Waals surface area (Å²) < 4.78 is 5.49. The van der Waals surface area contributed by atoms with E-state index in [0.29, 0.717) is 0 Å². The van der Waals surface area contributed by atoms with Crippen LogP contribution in [0.25, 0.3) is 0 Å². The molecule has 0 aliphatic carbocycles. The molecule has 0 unspecified atom stereocenters. The van der Waals surface area contributed by atoms with Crippen LogP contribution in [0.2, 0.25) is 0 Å². The number of primary amides is 1. The molecular formula is C27H26N4O6. The van der Waals surface area contributed by atoms with Crippen LogP contribution < -0.4 is 11.1 Å². The Labute approximate surface area is 213 Å². The number of amides is 3. The topological polar surface area (TPSA) is 145 Å². The van der Waals surface area contributed by atoms with Gasteiger partial charge in [-0.15, -0.1) is 0 Å². The first-order valence-corrected chi connectivity index (χ1v) is 11.7. The summed E-state index contributed by atoms with van der Waals surface area (Å²) in [4.78, 5) is 50.9. The molecule has 0 fully saturated rings. The summed E-state index contributed by atoms with van der Waals surface area (Å²) in [6, 6.07) is 20.4. The summed E-state index contributed by atoms with van der Waals surface area (Å²) in [5, 5.41) is 14.0. The number of nitro benzene ring substituents is 1. The zero-order chi connectivity index (χ0) is 26.4. The fraction of sp³-hybridized carbons (Fsp3) is 0.222. The fourth-order valence-electron chi connectivity index (χ4n) is 4.32. The number of nitrogens with two attached hydrogens (primary N) is 1. The van der Waals surface area contributed by atoms with Gasteiger partial charge in [-0.2, -0.15) is 0 Å². The van der Waals surface area contributed by atoms with Gasteiger partial charge in [0.1, 0.15) is 18.7 Å². The van der Waals surface area contributed by atoms with Crippen LogP contribution in [0, 0.1) is 10.1 Å². The lowest BCUT2D eigenvalue weighted by Crippen LogP contribution is -2.56. The molecule has 37 heavy (non-hydrogen) atoms. The van der Waals surface area contributed by atoms with Crippen molar-refractivity contribution >= 4 is 23.6 Å². The van der Waals surface area contributed by atoms with Crippen molar-refractivity contribution in [1.82, 2.24) is 10.2 Å². The first kappa shape index (κ1) is 25.4. The van der Waals surface area contributed by atoms with E-state index in [1.165, 1.54) is 23.1 Å². The first-order chi connectivity index (χ1) is 17.8. The second-order valence-electron chi connectivity index (χ2n) is 8.71. The molecule has 3 aromatic carbocycles. The number of nitro groups is 1. The maximum atomic E-state index is 13.4. The average molecular weight is 503 g/mol. The molecule has 190 valence electrons. The number of nitrogens with zero attached hydrogens (tertiary/aromatic N) is 2. The van der Waals surface area contributed by atoms with Gasteiger partial charge in [0, 0.05) is 24.5 Å². The zero-order valence-corrected chi connectivity index (χ0v) is 19.9. The van der Waals surface area contributed by atoms with Crippen molar-refractivity contribution in [3.63, 3.8) is 0 Å². The van der Waals surface area contributed by atoms with Gasteiger partial charge < -0.3 is 15.8 Å². The Morgan fingerprint density at radius 1 is 1.00 bits per heavy atom. The highest BCUT2D eigenvalue weighted by molar-refractivity contribution is 5.91. The quantitative estimate of drug-likeness (QED) is 0.358. The van der Waals surface area contributed by atoms with Crippen molar-refractivity contribution < 1.29 is 24.0 Å². The van der Waals surface area contributed by atoms with Gasteiger partial charge in [-0.1, -0.05) is 72.8 Å². The lowest BCUT2D eigenvalue weighted by atomic mass is 9.93. The van der Waals surface area contributed by atoms with Crippen molar-refractivity contribution in [3.8, 4) is 0 Å². The molecule has 3 amide bonds. The van der Waals surface area contributed by atoms with Gasteiger partial charge in [0.2, 0.25) is 11.8 Å². The largest absolute Gasteiger partial charge is 0.445 e. The SMILES string of the molecule is NC(=O)[C@@H](Cc1ccccc1[N+](=O)[O-])NC(=O)[C@@H]1Cc2ccccc2CN1C(=O)OCc1ccccc1. The minimum Gasteiger partial charge on any atom is -0.445 e. The summed E-state index contributed by atoms with van der Waals surface area (Å²) in [5.41, 5.74) is 8.19. The molecule has 10 nitrogen and oxygen atoms in total. The van der Waals surface area contributed by atoms with E-state index in [9.17, 15) is 24.5 Å². The van der Waals surface area contributed by atoms with E-state index in [-0.39, 0.29) is 37.2 Å². The molecule has 3 aromatic rings. The Bertz CT molecular complexity index is 1310. The number of benzene rings is 3. The number of rotatable bonds is 8. The maximum Gasteiger partial charge on any atom is 0.411 e. The number of fused-ring (bicyclic) bond motifs is 1. The summed E-state index contributed by atoms with van der Waals surface area (Å²) in [6.45, 7) is 0.182. The standard InChI is InChI=1S/C27H26N4O6/c28-25(32)22(14-20-11-6-7-13-23(20)31(35)36)29-26(33)24-15-19-10-4-5-12-21(19)16-30(24)27(34)37-17-18-8-2-1-3-9-18/h1-13,22,24H,14-17H2,(H2,28,32)(H,29,33)/t22-,24+/m1/s1. The van der Waals surface area contributed by atoms with Gasteiger partial charge in [0.15, 0.2) is 0 Å². The van der Waals surface area contributed by atoms with E-state index >= 15 is 0 Å². The minimum atomic E-state index is -1.21. The molecule has 0 saturated carbocycles. The number of carbonyl (C=O) groups is 3. The molecule has 0 bridgehead atoms. The molecule has 1 heterocycles. The third-order valence-electron chi connectivity index (χ3n) is 6.26. The van der Waals surface area contributed by atoms with E-state index in [1.807, 2.05) is 54.6 Å². The van der Waals surface area contributed by atoms with E-state index in [2.05, 4.69) is 5.32 Å². The van der Waals surface area contributed by atoms with Crippen LogP contribution in [0.1, 0.15) is 22.3 Å². The van der Waals surface area contributed by atoms with Gasteiger partial charge in [-0.3, -0.25) is 24.6 Å². The molecular weight excluding hydrogens is 476 g/mol. The Morgan fingerprint density at radius 2 is 1.65 bits per heavy atom. The van der Waals surface area contributed by atoms with Crippen LogP contribution in [0.15, 0.2) is 78.9 Å². The second-order valence-corrected chi connectivity index (χ2v) is 8.71. The Balaban J connectivity index is 1.54. The van der Waals surface area contributed by atoms with Crippen molar-refractivity contribution in [1.29, 1.82) is 0 Å². The van der Waals surface area contributed by atoms with Gasteiger partial charge in [0.25, 0.3) is 5.69 Å². The highest BCUT2D eigenvalue weighted by atomic mass is 16.6. The third kappa shape index (κ3) is 6.10. The molecule has 2 atom stereocenters. The lowest BCUT2D eigenvalue weighted by Gasteiger charge is -2.35. The van der Waals surface area contributed by atoms with Crippen molar-refractivity contribution in [3.05, 3.63) is 111 Å². The van der Waals surface area contributed by atoms with E-state index in [4.69, 9.17) is 10.5 Å². The molecule has 0 spiro atoms. The van der Waals surface area contributed by atoms with Crippen LogP contribution in [0.5, 0.6) is 0 Å². The summed E-state index contributed by atoms with van der Waals surface area (Å²) >= 11 is 0. The van der Waals surface area contributed by atoms with Gasteiger partial charge >= 0.3 is 6.09 Å². The van der Waals surface area contributed by atoms with Gasteiger partial charge in [-0.25, -0.2) is 4.79 Å². The molecule has 10 heteroatoms. The Kier molecular flexibility index (Phi) is 7.77. The van der Waals surface area contributed by atoms with Crippen LogP contribution in [0.3, 0.4) is 0 Å². The fourth-order valence-corrected chi connectivity index (χ4v) is 4.32. The monoisotopic (exact) mass is 502 g/mol. The van der Waals surface area contributed by atoms with Crippen molar-refractivity contribution in [2.24, 2.45) is 5.73 Å². The zero-order valence-electron chi connectivity index (χ0n) is 19.9. The van der Waals surface area contributed by atoms with Crippen molar-refractivity contribution in [2.75, 3.05) is 0 Å². The molecule has 0 radical (unpaired) electrons. The van der Waals surface area contributed by atoms with Gasteiger partial charge in [-0.05, 0) is 16.7 Å². The Morgan fingerprint density at radius 3 is 2.35 bits per heavy atom. The highest BCUT2D eigenvalue weighted by Crippen LogP contribution is 2.25. The normalized spacial score (nSPS) is 15.2. The second kappa shape index (κ2) is 11.3. The van der Waals surface area contributed by atoms with Crippen LogP contribution in [-0.2, 0) is 40.3 Å². The number of nitrogens with one attached hydrogen (secondary N) is 1. The highest BCUT2D eigenvalue weighted by Gasteiger charge is 2.37. The molecule has 0 aromatic heterocycles. The number of carbonyl (C=O) groups excluding carboxylic acids is 3. The van der Waals surface area contributed by atoms with E-state index in [1.54, 1.807) is 6.07 Å². The summed E-state index contributed by atoms with van der Waals surface area (Å²) in [6.07, 6.45) is -0.632. The number of hydrogen-bond donors (Lipinski definition) is 2. The number of para-hydroxylation sites is 1. The predicted octanol–water partition coefficient (Wildman–Crippen LogP) is 2.87. The van der Waals surface area contributed by atoms with Crippen LogP contribution in [0.4, 0.5) is 10.5 Å². The molecule has 1 aliphatic heterocycles. The third-order valence-corrected chi connectivity index (χ3v) is 6.26. The molecule has 0 saturated heterocycles. The molecule has 1 aliphatic rings. The van der Waals surface area contributed by atoms with E-state index in [0.717, 1.165) is 16.7 Å². The average Bonchev–Trinajstić information content (AvgIpc) is 2.91. The molecule has 4 rings (SSSR count). The van der Waals surface area contributed by atoms with Crippen molar-refractivity contribution in [2.45, 2.75) is 38.1 Å². The predicted molar refractivity (Wildman–Crippen MR) is 134 cm³/mol. The van der Waals surface area contributed by atoms with Crippen LogP contribution in [-0.4, -0.2) is 39.8 Å². The Hall–Kier alpha value is -4.73. The summed E-state index contributed by atoms with van der Waals surface area (Å²) in [5.74, 6) is -1.45. The number of hydrogen-bond acceptors (Lipinski definition) is 6. The van der Waals surface area contributed by atoms with Crippen LogP contribution >= 0.6 is 0 Å². The molecule has 3 N–H and O–H groups in total.